The van der Waals surface area contributed by atoms with Crippen LogP contribution in [0.2, 0.25) is 0 Å². The number of pyridine rings is 1. The third-order valence-electron chi connectivity index (χ3n) is 5.59. The van der Waals surface area contributed by atoms with Gasteiger partial charge in [0.05, 0.1) is 0 Å². The number of fused-ring (bicyclic) bond motifs is 3. The molecule has 2 aliphatic carbocycles. The number of nitrogens with zero attached hydrogens (tertiary/aromatic N) is 1. The van der Waals surface area contributed by atoms with Gasteiger partial charge in [-0.15, -0.1) is 0 Å². The lowest BCUT2D eigenvalue weighted by Gasteiger charge is -2.53. The average Bonchev–Trinajstić information content (AvgIpc) is 2.70. The summed E-state index contributed by atoms with van der Waals surface area (Å²) in [6.45, 7) is 0. The van der Waals surface area contributed by atoms with Crippen molar-refractivity contribution in [2.45, 2.75) is 5.60 Å². The highest BCUT2D eigenvalue weighted by molar-refractivity contribution is 6.06. The fourth-order valence-corrected chi connectivity index (χ4v) is 4.52. The predicted molar refractivity (Wildman–Crippen MR) is 105 cm³/mol. The minimum absolute atomic E-state index is 0.202. The van der Waals surface area contributed by atoms with E-state index in [-0.39, 0.29) is 5.92 Å². The smallest absolute Gasteiger partial charge is 0.129 e. The van der Waals surface area contributed by atoms with E-state index in [1.165, 1.54) is 33.4 Å². The number of ether oxygens (including phenoxy) is 1. The second-order valence-electron chi connectivity index (χ2n) is 6.75. The zero-order chi connectivity index (χ0) is 17.6. The van der Waals surface area contributed by atoms with Gasteiger partial charge >= 0.3 is 0 Å². The van der Waals surface area contributed by atoms with Crippen LogP contribution in [0.3, 0.4) is 0 Å². The summed E-state index contributed by atoms with van der Waals surface area (Å²) in [7, 11) is 1.83. The van der Waals surface area contributed by atoms with E-state index in [1.54, 1.807) is 0 Å². The van der Waals surface area contributed by atoms with Crippen LogP contribution in [0.1, 0.15) is 22.3 Å². The Hall–Kier alpha value is -2.97. The van der Waals surface area contributed by atoms with Crippen molar-refractivity contribution < 1.29 is 4.74 Å². The Bertz CT molecular complexity index is 1020. The van der Waals surface area contributed by atoms with Crippen molar-refractivity contribution in [3.05, 3.63) is 107 Å². The maximum Gasteiger partial charge on any atom is 0.129 e. The van der Waals surface area contributed by atoms with E-state index in [9.17, 15) is 0 Å². The number of aromatic nitrogens is 1. The molecule has 0 bridgehead atoms. The lowest BCUT2D eigenvalue weighted by Crippen LogP contribution is -2.48. The van der Waals surface area contributed by atoms with Crippen LogP contribution < -0.4 is 0 Å². The molecular formula is C24H19NO. The number of methoxy groups -OCH3 is 1. The van der Waals surface area contributed by atoms with Crippen LogP contribution >= 0.6 is 0 Å². The SMILES string of the molecule is COC12C(c3ccncc3)=C(c3ccccc3)C1C=Cc1ccccc12. The Balaban J connectivity index is 1.83. The largest absolute Gasteiger partial charge is 0.368 e. The van der Waals surface area contributed by atoms with Gasteiger partial charge in [-0.05, 0) is 40.0 Å². The highest BCUT2D eigenvalue weighted by Crippen LogP contribution is 2.64. The van der Waals surface area contributed by atoms with Gasteiger partial charge in [0.25, 0.3) is 0 Å². The Morgan fingerprint density at radius 1 is 0.846 bits per heavy atom. The third-order valence-corrected chi connectivity index (χ3v) is 5.59. The second kappa shape index (κ2) is 5.79. The fraction of sp³-hybridized carbons (Fsp3) is 0.125. The third kappa shape index (κ3) is 1.94. The minimum Gasteiger partial charge on any atom is -0.368 e. The zero-order valence-electron chi connectivity index (χ0n) is 14.6. The van der Waals surface area contributed by atoms with Crippen molar-refractivity contribution >= 4 is 17.2 Å². The van der Waals surface area contributed by atoms with Gasteiger partial charge in [-0.3, -0.25) is 4.98 Å². The molecule has 1 aromatic heterocycles. The molecule has 0 saturated carbocycles. The number of rotatable bonds is 3. The maximum absolute atomic E-state index is 6.29. The van der Waals surface area contributed by atoms with Crippen molar-refractivity contribution in [3.63, 3.8) is 0 Å². The first-order valence-corrected chi connectivity index (χ1v) is 8.89. The summed E-state index contributed by atoms with van der Waals surface area (Å²) in [4.78, 5) is 4.20. The highest BCUT2D eigenvalue weighted by Gasteiger charge is 2.56. The molecule has 126 valence electrons. The van der Waals surface area contributed by atoms with E-state index >= 15 is 0 Å². The van der Waals surface area contributed by atoms with Crippen LogP contribution in [-0.4, -0.2) is 12.1 Å². The molecule has 0 radical (unpaired) electrons. The van der Waals surface area contributed by atoms with Crippen LogP contribution in [0, 0.1) is 5.92 Å². The van der Waals surface area contributed by atoms with Gasteiger partial charge in [-0.2, -0.15) is 0 Å². The summed E-state index contributed by atoms with van der Waals surface area (Å²) in [6, 6.07) is 23.3. The molecule has 26 heavy (non-hydrogen) atoms. The number of benzene rings is 2. The second-order valence-corrected chi connectivity index (χ2v) is 6.75. The Morgan fingerprint density at radius 2 is 1.58 bits per heavy atom. The first kappa shape index (κ1) is 15.3. The molecule has 2 aromatic carbocycles. The van der Waals surface area contributed by atoms with Crippen LogP contribution in [0.25, 0.3) is 17.2 Å². The molecule has 2 aliphatic rings. The molecule has 2 atom stereocenters. The summed E-state index contributed by atoms with van der Waals surface area (Å²) >= 11 is 0. The summed E-state index contributed by atoms with van der Waals surface area (Å²) in [5, 5.41) is 0. The molecule has 2 nitrogen and oxygen atoms in total. The summed E-state index contributed by atoms with van der Waals surface area (Å²) in [5.74, 6) is 0.202. The Morgan fingerprint density at radius 3 is 2.35 bits per heavy atom. The lowest BCUT2D eigenvalue weighted by atomic mass is 9.55. The first-order valence-electron chi connectivity index (χ1n) is 8.89. The molecule has 0 N–H and O–H groups in total. The van der Waals surface area contributed by atoms with Crippen LogP contribution in [-0.2, 0) is 10.3 Å². The highest BCUT2D eigenvalue weighted by atomic mass is 16.5. The normalized spacial score (nSPS) is 23.2. The first-order chi connectivity index (χ1) is 12.9. The van der Waals surface area contributed by atoms with Crippen molar-refractivity contribution in [3.8, 4) is 0 Å². The average molecular weight is 337 g/mol. The zero-order valence-corrected chi connectivity index (χ0v) is 14.6. The van der Waals surface area contributed by atoms with E-state index in [0.717, 1.165) is 0 Å². The van der Waals surface area contributed by atoms with Gasteiger partial charge in [0, 0.05) is 31.0 Å². The molecule has 0 fully saturated rings. The summed E-state index contributed by atoms with van der Waals surface area (Å²) in [6.07, 6.45) is 8.22. The molecule has 5 rings (SSSR count). The molecular weight excluding hydrogens is 318 g/mol. The minimum atomic E-state index is -0.447. The predicted octanol–water partition coefficient (Wildman–Crippen LogP) is 5.19. The maximum atomic E-state index is 6.29. The van der Waals surface area contributed by atoms with E-state index in [4.69, 9.17) is 4.74 Å². The Labute approximate surface area is 153 Å². The van der Waals surface area contributed by atoms with E-state index in [0.29, 0.717) is 0 Å². The Kier molecular flexibility index (Phi) is 3.41. The molecule has 0 saturated heterocycles. The van der Waals surface area contributed by atoms with Gasteiger partial charge in [0.15, 0.2) is 0 Å². The molecule has 2 unspecified atom stereocenters. The lowest BCUT2D eigenvalue weighted by molar-refractivity contribution is 0.00596. The van der Waals surface area contributed by atoms with Crippen molar-refractivity contribution in [2.75, 3.05) is 7.11 Å². The molecule has 0 amide bonds. The van der Waals surface area contributed by atoms with Crippen LogP contribution in [0.15, 0.2) is 85.2 Å². The standard InChI is InChI=1S/C24H19NO/c1-26-24-20-10-6-5-7-17(20)11-12-21(24)22(18-8-3-2-4-9-18)23(24)19-13-15-25-16-14-19/h2-16,21H,1H3. The summed E-state index contributed by atoms with van der Waals surface area (Å²) < 4.78 is 6.29. The van der Waals surface area contributed by atoms with Crippen LogP contribution in [0.4, 0.5) is 0 Å². The number of hydrogen-bond donors (Lipinski definition) is 0. The fourth-order valence-electron chi connectivity index (χ4n) is 4.52. The number of hydrogen-bond acceptors (Lipinski definition) is 2. The molecule has 3 aromatic rings. The van der Waals surface area contributed by atoms with Gasteiger partial charge in [-0.1, -0.05) is 66.7 Å². The topological polar surface area (TPSA) is 22.1 Å². The van der Waals surface area contributed by atoms with E-state index < -0.39 is 5.60 Å². The van der Waals surface area contributed by atoms with E-state index in [2.05, 4.69) is 83.9 Å². The molecule has 2 heteroatoms. The van der Waals surface area contributed by atoms with Gasteiger partial charge in [-0.25, -0.2) is 0 Å². The molecule has 1 heterocycles. The van der Waals surface area contributed by atoms with Gasteiger partial charge in [0.1, 0.15) is 5.60 Å². The summed E-state index contributed by atoms with van der Waals surface area (Å²) in [5.41, 5.74) is 7.02. The molecule has 0 aliphatic heterocycles. The van der Waals surface area contributed by atoms with Crippen molar-refractivity contribution in [1.29, 1.82) is 0 Å². The van der Waals surface area contributed by atoms with Crippen LogP contribution in [0.5, 0.6) is 0 Å². The van der Waals surface area contributed by atoms with E-state index in [1.807, 2.05) is 19.5 Å². The van der Waals surface area contributed by atoms with Crippen molar-refractivity contribution in [1.82, 2.24) is 4.98 Å². The van der Waals surface area contributed by atoms with Gasteiger partial charge < -0.3 is 4.74 Å². The molecule has 0 spiro atoms. The van der Waals surface area contributed by atoms with Crippen molar-refractivity contribution in [2.24, 2.45) is 5.92 Å². The monoisotopic (exact) mass is 337 g/mol. The van der Waals surface area contributed by atoms with Gasteiger partial charge in [0.2, 0.25) is 0 Å². The quantitative estimate of drug-likeness (QED) is 0.656.